The van der Waals surface area contributed by atoms with Crippen LogP contribution in [0.5, 0.6) is 0 Å². The lowest BCUT2D eigenvalue weighted by atomic mass is 9.84. The van der Waals surface area contributed by atoms with Gasteiger partial charge in [-0.15, -0.1) is 0 Å². The molecule has 0 radical (unpaired) electrons. The van der Waals surface area contributed by atoms with Crippen LogP contribution in [0.25, 0.3) is 0 Å². The lowest BCUT2D eigenvalue weighted by Gasteiger charge is -2.29. The number of benzene rings is 2. The van der Waals surface area contributed by atoms with Crippen LogP contribution in [0.1, 0.15) is 49.7 Å². The molecule has 5 N–H and O–H groups in total. The topological polar surface area (TPSA) is 131 Å². The molecule has 0 heterocycles. The molecule has 3 atom stereocenters. The molecule has 0 aromatic heterocycles. The van der Waals surface area contributed by atoms with Crippen LogP contribution < -0.4 is 16.4 Å². The van der Waals surface area contributed by atoms with Crippen molar-refractivity contribution >= 4 is 18.0 Å². The monoisotopic (exact) mass is 455 g/mol. The number of amides is 2. The highest BCUT2D eigenvalue weighted by Crippen LogP contribution is 2.28. The molecular weight excluding hydrogens is 422 g/mol. The van der Waals surface area contributed by atoms with Crippen molar-refractivity contribution in [2.45, 2.75) is 56.7 Å². The quantitative estimate of drug-likeness (QED) is 0.389. The molecule has 1 unspecified atom stereocenters. The molecular formula is C25H33N3O5. The fourth-order valence-electron chi connectivity index (χ4n) is 3.76. The molecule has 0 aliphatic carbocycles. The van der Waals surface area contributed by atoms with Gasteiger partial charge in [0.05, 0.1) is 7.11 Å². The molecule has 0 aliphatic heterocycles. The maximum atomic E-state index is 13.5. The van der Waals surface area contributed by atoms with Gasteiger partial charge in [0.2, 0.25) is 5.91 Å². The van der Waals surface area contributed by atoms with E-state index in [1.165, 1.54) is 7.11 Å². The Morgan fingerprint density at radius 3 is 1.94 bits per heavy atom. The first-order chi connectivity index (χ1) is 15.9. The Morgan fingerprint density at radius 2 is 1.48 bits per heavy atom. The summed E-state index contributed by atoms with van der Waals surface area (Å²) in [6.07, 6.45) is 1.41. The van der Waals surface area contributed by atoms with E-state index in [9.17, 15) is 14.4 Å². The SMILES string of the molecule is CCC(CCC[C@H](N)C(=O)O)NC(=O)[C@@H](NC(=O)OC)C(c1ccccc1)c1ccccc1. The number of nitrogens with one attached hydrogen (secondary N) is 2. The molecule has 2 amide bonds. The maximum Gasteiger partial charge on any atom is 0.407 e. The van der Waals surface area contributed by atoms with Crippen molar-refractivity contribution in [1.82, 2.24) is 10.6 Å². The van der Waals surface area contributed by atoms with Crippen molar-refractivity contribution in [2.75, 3.05) is 7.11 Å². The van der Waals surface area contributed by atoms with Crippen molar-refractivity contribution in [1.29, 1.82) is 0 Å². The van der Waals surface area contributed by atoms with Gasteiger partial charge in [0, 0.05) is 12.0 Å². The van der Waals surface area contributed by atoms with Crippen LogP contribution in [0.4, 0.5) is 4.79 Å². The van der Waals surface area contributed by atoms with E-state index in [1.807, 2.05) is 67.6 Å². The van der Waals surface area contributed by atoms with Gasteiger partial charge >= 0.3 is 12.1 Å². The summed E-state index contributed by atoms with van der Waals surface area (Å²) in [5.41, 5.74) is 7.34. The minimum atomic E-state index is -1.04. The predicted molar refractivity (Wildman–Crippen MR) is 126 cm³/mol. The molecule has 0 fully saturated rings. The summed E-state index contributed by atoms with van der Waals surface area (Å²) in [6, 6.07) is 17.0. The summed E-state index contributed by atoms with van der Waals surface area (Å²) < 4.78 is 4.80. The molecule has 0 spiro atoms. The van der Waals surface area contributed by atoms with Crippen LogP contribution in [0, 0.1) is 0 Å². The van der Waals surface area contributed by atoms with Crippen LogP contribution in [0.3, 0.4) is 0 Å². The summed E-state index contributed by atoms with van der Waals surface area (Å²) in [7, 11) is 1.25. The molecule has 2 rings (SSSR count). The Balaban J connectivity index is 2.27. The van der Waals surface area contributed by atoms with Crippen molar-refractivity contribution < 1.29 is 24.2 Å². The van der Waals surface area contributed by atoms with Crippen LogP contribution in [-0.4, -0.2) is 48.3 Å². The van der Waals surface area contributed by atoms with Gasteiger partial charge in [-0.3, -0.25) is 9.59 Å². The summed E-state index contributed by atoms with van der Waals surface area (Å²) in [4.78, 5) is 36.6. The van der Waals surface area contributed by atoms with Crippen LogP contribution in [0.15, 0.2) is 60.7 Å². The number of hydrogen-bond acceptors (Lipinski definition) is 5. The lowest BCUT2D eigenvalue weighted by Crippen LogP contribution is -2.52. The van der Waals surface area contributed by atoms with E-state index in [0.29, 0.717) is 25.7 Å². The van der Waals surface area contributed by atoms with Gasteiger partial charge < -0.3 is 26.2 Å². The zero-order valence-electron chi connectivity index (χ0n) is 19.1. The van der Waals surface area contributed by atoms with E-state index >= 15 is 0 Å². The molecule has 33 heavy (non-hydrogen) atoms. The Labute approximate surface area is 194 Å². The summed E-state index contributed by atoms with van der Waals surface area (Å²) in [6.45, 7) is 1.94. The van der Waals surface area contributed by atoms with Crippen molar-refractivity contribution in [3.8, 4) is 0 Å². The summed E-state index contributed by atoms with van der Waals surface area (Å²) in [5, 5.41) is 14.7. The number of hydrogen-bond donors (Lipinski definition) is 4. The van der Waals surface area contributed by atoms with E-state index < -0.39 is 30.1 Å². The van der Waals surface area contributed by atoms with Crippen molar-refractivity contribution in [3.05, 3.63) is 71.8 Å². The lowest BCUT2D eigenvalue weighted by molar-refractivity contribution is -0.138. The van der Waals surface area contributed by atoms with Crippen LogP contribution >= 0.6 is 0 Å². The Kier molecular flexibility index (Phi) is 10.4. The fourth-order valence-corrected chi connectivity index (χ4v) is 3.76. The van der Waals surface area contributed by atoms with Gasteiger partial charge in [-0.2, -0.15) is 0 Å². The molecule has 0 bridgehead atoms. The zero-order chi connectivity index (χ0) is 24.2. The standard InChI is InChI=1S/C25H33N3O5/c1-3-19(15-10-16-20(26)24(30)31)27-23(29)22(28-25(32)33-2)21(17-11-6-4-7-12-17)18-13-8-5-9-14-18/h4-9,11-14,19-22H,3,10,15-16,26H2,1-2H3,(H,27,29)(H,28,32)(H,30,31)/t19?,20-,22-/m0/s1. The number of alkyl carbamates (subject to hydrolysis) is 1. The largest absolute Gasteiger partial charge is 0.480 e. The van der Waals surface area contributed by atoms with E-state index in [-0.39, 0.29) is 11.9 Å². The van der Waals surface area contributed by atoms with Gasteiger partial charge in [0.15, 0.2) is 0 Å². The van der Waals surface area contributed by atoms with Crippen molar-refractivity contribution in [2.24, 2.45) is 5.73 Å². The number of carbonyl (C=O) groups is 3. The second-order valence-electron chi connectivity index (χ2n) is 7.90. The smallest absolute Gasteiger partial charge is 0.407 e. The third-order valence-corrected chi connectivity index (χ3v) is 5.62. The highest BCUT2D eigenvalue weighted by molar-refractivity contribution is 5.87. The Morgan fingerprint density at radius 1 is 0.939 bits per heavy atom. The molecule has 0 saturated heterocycles. The van der Waals surface area contributed by atoms with Gasteiger partial charge in [-0.25, -0.2) is 4.79 Å². The summed E-state index contributed by atoms with van der Waals surface area (Å²) >= 11 is 0. The predicted octanol–water partition coefficient (Wildman–Crippen LogP) is 3.02. The number of carboxylic acid groups (broad SMARTS) is 1. The van der Waals surface area contributed by atoms with E-state index in [1.54, 1.807) is 0 Å². The molecule has 0 saturated carbocycles. The minimum absolute atomic E-state index is 0.187. The minimum Gasteiger partial charge on any atom is -0.480 e. The molecule has 0 aliphatic rings. The average Bonchev–Trinajstić information content (AvgIpc) is 2.83. The molecule has 2 aromatic rings. The normalized spacial score (nSPS) is 13.6. The maximum absolute atomic E-state index is 13.5. The number of aliphatic carboxylic acids is 1. The number of ether oxygens (including phenoxy) is 1. The number of methoxy groups -OCH3 is 1. The van der Waals surface area contributed by atoms with Gasteiger partial charge in [-0.1, -0.05) is 67.6 Å². The van der Waals surface area contributed by atoms with E-state index in [4.69, 9.17) is 15.6 Å². The van der Waals surface area contributed by atoms with Gasteiger partial charge in [0.1, 0.15) is 12.1 Å². The van der Waals surface area contributed by atoms with E-state index in [2.05, 4.69) is 10.6 Å². The van der Waals surface area contributed by atoms with Crippen LogP contribution in [-0.2, 0) is 14.3 Å². The number of carbonyl (C=O) groups excluding carboxylic acids is 2. The number of carboxylic acids is 1. The molecule has 2 aromatic carbocycles. The highest BCUT2D eigenvalue weighted by atomic mass is 16.5. The third kappa shape index (κ3) is 7.91. The van der Waals surface area contributed by atoms with E-state index in [0.717, 1.165) is 11.1 Å². The second kappa shape index (κ2) is 13.2. The second-order valence-corrected chi connectivity index (χ2v) is 7.90. The van der Waals surface area contributed by atoms with Crippen LogP contribution in [0.2, 0.25) is 0 Å². The fraction of sp³-hybridized carbons (Fsp3) is 0.400. The number of rotatable bonds is 12. The zero-order valence-corrected chi connectivity index (χ0v) is 19.1. The molecule has 8 nitrogen and oxygen atoms in total. The molecule has 178 valence electrons. The van der Waals surface area contributed by atoms with Gasteiger partial charge in [-0.05, 0) is 36.8 Å². The average molecular weight is 456 g/mol. The first-order valence-corrected chi connectivity index (χ1v) is 11.1. The Hall–Kier alpha value is -3.39. The summed E-state index contributed by atoms with van der Waals surface area (Å²) in [5.74, 6) is -1.82. The Bertz CT molecular complexity index is 852. The van der Waals surface area contributed by atoms with Crippen molar-refractivity contribution in [3.63, 3.8) is 0 Å². The highest BCUT2D eigenvalue weighted by Gasteiger charge is 2.33. The first-order valence-electron chi connectivity index (χ1n) is 11.1. The number of nitrogens with two attached hydrogens (primary N) is 1. The van der Waals surface area contributed by atoms with Gasteiger partial charge in [0.25, 0.3) is 0 Å². The first kappa shape index (κ1) is 25.9. The third-order valence-electron chi connectivity index (χ3n) is 5.62. The molecule has 8 heteroatoms.